The predicted molar refractivity (Wildman–Crippen MR) is 26.0 cm³/mol. The molecule has 0 radical (unpaired) electrons. The fraction of sp³-hybridized carbons (Fsp3) is 0.600. The van der Waals surface area contributed by atoms with Gasteiger partial charge in [0.1, 0.15) is 0 Å². The second-order valence-electron chi connectivity index (χ2n) is 1.33. The Morgan fingerprint density at radius 3 is 2.25 bits per heavy atom. The van der Waals surface area contributed by atoms with Crippen LogP contribution in [-0.2, 0) is 29.1 Å². The number of hydrogen-bond donors (Lipinski definition) is 0. The van der Waals surface area contributed by atoms with Crippen LogP contribution in [0.1, 0.15) is 19.8 Å². The monoisotopic (exact) mass is 164 g/mol. The topological polar surface area (TPSA) is 34.1 Å². The normalized spacial score (nSPS) is 7.12. The van der Waals surface area contributed by atoms with E-state index in [1.165, 1.54) is 0 Å². The Labute approximate surface area is 61.4 Å². The van der Waals surface area contributed by atoms with E-state index in [1.54, 1.807) is 0 Å². The predicted octanol–water partition coefficient (Wildman–Crippen LogP) is 0.552. The first-order valence-electron chi connectivity index (χ1n) is 2.29. The molecule has 0 aromatic carbocycles. The van der Waals surface area contributed by atoms with Gasteiger partial charge in [-0.2, -0.15) is 0 Å². The summed E-state index contributed by atoms with van der Waals surface area (Å²) in [6.45, 7) is 1.86. The number of rotatable bonds is 3. The molecule has 42 valence electrons. The molecule has 0 aliphatic heterocycles. The molecule has 0 aromatic heterocycles. The summed E-state index contributed by atoms with van der Waals surface area (Å²) in [4.78, 5) is 19.6. The first kappa shape index (κ1) is 10.9. The van der Waals surface area contributed by atoms with Crippen LogP contribution in [0, 0.1) is 0 Å². The number of ketones is 1. The summed E-state index contributed by atoms with van der Waals surface area (Å²) < 4.78 is 0. The van der Waals surface area contributed by atoms with Gasteiger partial charge in [0, 0.05) is 25.9 Å². The molecule has 2 nitrogen and oxygen atoms in total. The van der Waals surface area contributed by atoms with Crippen molar-refractivity contribution in [2.45, 2.75) is 19.8 Å². The maximum absolute atomic E-state index is 10.0. The van der Waals surface area contributed by atoms with Crippen molar-refractivity contribution in [2.24, 2.45) is 0 Å². The number of carbonyl (C=O) groups is 2. The Hall–Kier alpha value is -0.0366. The minimum atomic E-state index is -0.303. The van der Waals surface area contributed by atoms with E-state index >= 15 is 0 Å². The summed E-state index contributed by atoms with van der Waals surface area (Å²) in [7, 11) is 0. The van der Waals surface area contributed by atoms with Crippen LogP contribution in [0.15, 0.2) is 0 Å². The number of aldehydes is 1. The molecule has 0 spiro atoms. The van der Waals surface area contributed by atoms with Gasteiger partial charge in [-0.15, -0.1) is 0 Å². The summed E-state index contributed by atoms with van der Waals surface area (Å²) in [5.41, 5.74) is 0. The number of carbonyl (C=O) groups excluding carboxylic acids is 2. The third-order valence-corrected chi connectivity index (χ3v) is 0.628. The quantitative estimate of drug-likeness (QED) is 0.348. The van der Waals surface area contributed by atoms with Crippen molar-refractivity contribution in [3.8, 4) is 0 Å². The zero-order chi connectivity index (χ0) is 5.70. The first-order valence-corrected chi connectivity index (χ1v) is 2.29. The van der Waals surface area contributed by atoms with E-state index in [9.17, 15) is 9.59 Å². The van der Waals surface area contributed by atoms with E-state index in [0.717, 1.165) is 6.42 Å². The zero-order valence-corrected chi connectivity index (χ0v) is 7.98. The molecule has 0 rings (SSSR count). The van der Waals surface area contributed by atoms with E-state index in [0.29, 0.717) is 12.7 Å². The Bertz CT molecular complexity index is 80.5. The molecule has 0 aliphatic carbocycles. The Kier molecular flexibility index (Phi) is 9.45. The molecular formula is C5H8O2Zn. The van der Waals surface area contributed by atoms with Crippen LogP contribution >= 0.6 is 0 Å². The van der Waals surface area contributed by atoms with Crippen LogP contribution in [0.25, 0.3) is 0 Å². The molecule has 0 amide bonds. The molecule has 0 aliphatic rings. The Morgan fingerprint density at radius 2 is 2.12 bits per heavy atom. The zero-order valence-electron chi connectivity index (χ0n) is 5.02. The van der Waals surface area contributed by atoms with Crippen LogP contribution in [0.3, 0.4) is 0 Å². The number of Topliss-reactive ketones (excluding diaryl/α,β-unsaturated/α-hetero) is 1. The average molecular weight is 166 g/mol. The van der Waals surface area contributed by atoms with Crippen molar-refractivity contribution >= 4 is 12.1 Å². The van der Waals surface area contributed by atoms with Crippen LogP contribution < -0.4 is 0 Å². The maximum Gasteiger partial charge on any atom is 0.195 e. The van der Waals surface area contributed by atoms with Crippen molar-refractivity contribution in [2.75, 3.05) is 0 Å². The molecule has 0 aromatic rings. The van der Waals surface area contributed by atoms with E-state index in [-0.39, 0.29) is 25.3 Å². The molecule has 0 unspecified atom stereocenters. The molecule has 0 atom stereocenters. The Balaban J connectivity index is 0. The largest absolute Gasteiger partial charge is 0.295 e. The van der Waals surface area contributed by atoms with Crippen molar-refractivity contribution in [3.63, 3.8) is 0 Å². The van der Waals surface area contributed by atoms with Gasteiger partial charge in [-0.3, -0.25) is 9.59 Å². The second-order valence-corrected chi connectivity index (χ2v) is 1.33. The van der Waals surface area contributed by atoms with Gasteiger partial charge in [-0.25, -0.2) is 0 Å². The van der Waals surface area contributed by atoms with E-state index in [4.69, 9.17) is 0 Å². The molecule has 0 fully saturated rings. The maximum atomic E-state index is 10.0. The van der Waals surface area contributed by atoms with Crippen LogP contribution in [0.2, 0.25) is 0 Å². The molecule has 0 bridgehead atoms. The van der Waals surface area contributed by atoms with Crippen molar-refractivity contribution < 1.29 is 29.1 Å². The fourth-order valence-electron chi connectivity index (χ4n) is 0.305. The third-order valence-electron chi connectivity index (χ3n) is 0.628. The molecule has 8 heavy (non-hydrogen) atoms. The van der Waals surface area contributed by atoms with Gasteiger partial charge in [-0.1, -0.05) is 6.92 Å². The van der Waals surface area contributed by atoms with Crippen molar-refractivity contribution in [1.29, 1.82) is 0 Å². The Morgan fingerprint density at radius 1 is 1.62 bits per heavy atom. The SMILES string of the molecule is CCCC(=O)C=O.[Zn]. The standard InChI is InChI=1S/C5H8O2.Zn/c1-2-3-5(7)4-6;/h4H,2-3H2,1H3;. The summed E-state index contributed by atoms with van der Waals surface area (Å²) in [5, 5.41) is 0. The third kappa shape index (κ3) is 5.96. The fourth-order valence-corrected chi connectivity index (χ4v) is 0.305. The molecule has 0 saturated heterocycles. The van der Waals surface area contributed by atoms with Gasteiger partial charge in [0.2, 0.25) is 0 Å². The summed E-state index contributed by atoms with van der Waals surface area (Å²) in [5.74, 6) is -0.303. The minimum absolute atomic E-state index is 0. The van der Waals surface area contributed by atoms with Crippen LogP contribution in [0.5, 0.6) is 0 Å². The van der Waals surface area contributed by atoms with Gasteiger partial charge >= 0.3 is 0 Å². The summed E-state index contributed by atoms with van der Waals surface area (Å²) in [6.07, 6.45) is 1.52. The number of hydrogen-bond acceptors (Lipinski definition) is 2. The molecule has 0 heterocycles. The average Bonchev–Trinajstić information content (AvgIpc) is 1.68. The molecule has 3 heteroatoms. The van der Waals surface area contributed by atoms with Gasteiger partial charge in [0.25, 0.3) is 0 Å². The van der Waals surface area contributed by atoms with Gasteiger partial charge in [0.05, 0.1) is 0 Å². The van der Waals surface area contributed by atoms with Crippen molar-refractivity contribution in [3.05, 3.63) is 0 Å². The smallest absolute Gasteiger partial charge is 0.195 e. The van der Waals surface area contributed by atoms with Crippen LogP contribution in [0.4, 0.5) is 0 Å². The van der Waals surface area contributed by atoms with Gasteiger partial charge in [0.15, 0.2) is 12.1 Å². The van der Waals surface area contributed by atoms with E-state index in [2.05, 4.69) is 0 Å². The molecular weight excluding hydrogens is 157 g/mol. The molecule has 0 saturated carbocycles. The molecule has 0 N–H and O–H groups in total. The van der Waals surface area contributed by atoms with Crippen molar-refractivity contribution in [1.82, 2.24) is 0 Å². The van der Waals surface area contributed by atoms with Gasteiger partial charge in [-0.05, 0) is 6.42 Å². The first-order chi connectivity index (χ1) is 3.31. The van der Waals surface area contributed by atoms with Crippen LogP contribution in [-0.4, -0.2) is 12.1 Å². The van der Waals surface area contributed by atoms with Gasteiger partial charge < -0.3 is 0 Å². The summed E-state index contributed by atoms with van der Waals surface area (Å²) in [6, 6.07) is 0. The second kappa shape index (κ2) is 6.96. The minimum Gasteiger partial charge on any atom is -0.295 e. The van der Waals surface area contributed by atoms with E-state index in [1.807, 2.05) is 6.92 Å². The summed E-state index contributed by atoms with van der Waals surface area (Å²) >= 11 is 0. The van der Waals surface area contributed by atoms with E-state index < -0.39 is 0 Å².